The summed E-state index contributed by atoms with van der Waals surface area (Å²) >= 11 is 0. The van der Waals surface area contributed by atoms with Crippen LogP contribution in [0.5, 0.6) is 0 Å². The average Bonchev–Trinajstić information content (AvgIpc) is 2.75. The van der Waals surface area contributed by atoms with Gasteiger partial charge in [-0.3, -0.25) is 9.78 Å². The fourth-order valence-electron chi connectivity index (χ4n) is 3.06. The fourth-order valence-corrected chi connectivity index (χ4v) is 4.15. The number of fused-ring (bicyclic) bond motifs is 1. The second-order valence-corrected chi connectivity index (χ2v) is 8.62. The molecule has 3 rings (SSSR count). The van der Waals surface area contributed by atoms with Crippen LogP contribution in [-0.2, 0) is 9.84 Å². The summed E-state index contributed by atoms with van der Waals surface area (Å²) in [5.41, 5.74) is 1.10. The Balaban J connectivity index is 1.82. The quantitative estimate of drug-likeness (QED) is 0.595. The largest absolute Gasteiger partial charge is 0.346 e. The van der Waals surface area contributed by atoms with Crippen molar-refractivity contribution in [1.82, 2.24) is 10.3 Å². The molecule has 1 heterocycles. The number of aromatic nitrogens is 1. The standard InChI is InChI=1S/C23H24N2O3S/c1-2-3-11-19(15-17-29(27,28)20-12-5-4-6-13-20)25-23(26)21-14-7-9-18-10-8-16-24-22(18)21/h4-10,12-17,19H,2-3,11H2,1H3,(H,25,26). The van der Waals surface area contributed by atoms with E-state index in [1.54, 1.807) is 48.7 Å². The molecule has 1 aromatic heterocycles. The highest BCUT2D eigenvalue weighted by Gasteiger charge is 2.16. The molecule has 6 heteroatoms. The first-order valence-electron chi connectivity index (χ1n) is 9.64. The molecule has 0 aliphatic carbocycles. The van der Waals surface area contributed by atoms with Crippen molar-refractivity contribution in [2.24, 2.45) is 0 Å². The van der Waals surface area contributed by atoms with Gasteiger partial charge in [-0.2, -0.15) is 0 Å². The van der Waals surface area contributed by atoms with Crippen LogP contribution in [0.1, 0.15) is 36.5 Å². The van der Waals surface area contributed by atoms with Crippen LogP contribution in [0, 0.1) is 0 Å². The summed E-state index contributed by atoms with van der Waals surface area (Å²) < 4.78 is 25.1. The van der Waals surface area contributed by atoms with Gasteiger partial charge in [0, 0.05) is 23.0 Å². The molecule has 0 spiro atoms. The Morgan fingerprint density at radius 3 is 2.59 bits per heavy atom. The molecule has 1 atom stereocenters. The number of amides is 1. The Hall–Kier alpha value is -2.99. The Bertz CT molecular complexity index is 1100. The first-order chi connectivity index (χ1) is 14.0. The van der Waals surface area contributed by atoms with E-state index < -0.39 is 9.84 Å². The Morgan fingerprint density at radius 2 is 1.83 bits per heavy atom. The first-order valence-corrected chi connectivity index (χ1v) is 11.2. The van der Waals surface area contributed by atoms with Gasteiger partial charge in [0.1, 0.15) is 0 Å². The summed E-state index contributed by atoms with van der Waals surface area (Å²) in [7, 11) is -3.56. The van der Waals surface area contributed by atoms with Crippen LogP contribution in [0.15, 0.2) is 83.2 Å². The van der Waals surface area contributed by atoms with Gasteiger partial charge in [0.2, 0.25) is 0 Å². The van der Waals surface area contributed by atoms with E-state index in [1.807, 2.05) is 24.3 Å². The molecule has 0 saturated heterocycles. The predicted octanol–water partition coefficient (Wildman–Crippen LogP) is 4.51. The maximum Gasteiger partial charge on any atom is 0.253 e. The van der Waals surface area contributed by atoms with Crippen molar-refractivity contribution in [3.8, 4) is 0 Å². The van der Waals surface area contributed by atoms with Crippen LogP contribution in [0.4, 0.5) is 0 Å². The maximum absolute atomic E-state index is 12.9. The van der Waals surface area contributed by atoms with Crippen LogP contribution in [0.3, 0.4) is 0 Å². The van der Waals surface area contributed by atoms with Gasteiger partial charge in [-0.25, -0.2) is 8.42 Å². The summed E-state index contributed by atoms with van der Waals surface area (Å²) in [6.07, 6.45) is 5.69. The number of para-hydroxylation sites is 1. The third-order valence-electron chi connectivity index (χ3n) is 4.62. The number of sulfone groups is 1. The van der Waals surface area contributed by atoms with Gasteiger partial charge < -0.3 is 5.32 Å². The zero-order chi connectivity index (χ0) is 20.7. The molecule has 150 valence electrons. The van der Waals surface area contributed by atoms with Gasteiger partial charge in [0.15, 0.2) is 9.84 Å². The van der Waals surface area contributed by atoms with Gasteiger partial charge >= 0.3 is 0 Å². The molecule has 29 heavy (non-hydrogen) atoms. The topological polar surface area (TPSA) is 76.1 Å². The minimum atomic E-state index is -3.56. The molecular weight excluding hydrogens is 384 g/mol. The van der Waals surface area contributed by atoms with Crippen LogP contribution < -0.4 is 5.32 Å². The van der Waals surface area contributed by atoms with Gasteiger partial charge in [-0.15, -0.1) is 0 Å². The number of hydrogen-bond donors (Lipinski definition) is 1. The highest BCUT2D eigenvalue weighted by Crippen LogP contribution is 2.17. The van der Waals surface area contributed by atoms with Crippen molar-refractivity contribution >= 4 is 26.6 Å². The molecule has 0 radical (unpaired) electrons. The normalized spacial score (nSPS) is 12.9. The number of unbranched alkanes of at least 4 members (excludes halogenated alkanes) is 1. The minimum absolute atomic E-state index is 0.232. The lowest BCUT2D eigenvalue weighted by Gasteiger charge is -2.15. The van der Waals surface area contributed by atoms with E-state index in [1.165, 1.54) is 5.41 Å². The number of nitrogens with zero attached hydrogens (tertiary/aromatic N) is 1. The van der Waals surface area contributed by atoms with E-state index in [0.29, 0.717) is 17.5 Å². The maximum atomic E-state index is 12.9. The van der Waals surface area contributed by atoms with Crippen LogP contribution in [0.2, 0.25) is 0 Å². The lowest BCUT2D eigenvalue weighted by Crippen LogP contribution is -2.33. The fraction of sp³-hybridized carbons (Fsp3) is 0.217. The molecule has 2 aromatic carbocycles. The first kappa shape index (κ1) is 20.7. The van der Waals surface area contributed by atoms with Crippen molar-refractivity contribution in [3.63, 3.8) is 0 Å². The Morgan fingerprint density at radius 1 is 1.07 bits per heavy atom. The van der Waals surface area contributed by atoms with Gasteiger partial charge in [-0.05, 0) is 30.7 Å². The van der Waals surface area contributed by atoms with E-state index >= 15 is 0 Å². The number of benzene rings is 2. The lowest BCUT2D eigenvalue weighted by atomic mass is 10.1. The molecule has 3 aromatic rings. The predicted molar refractivity (Wildman–Crippen MR) is 115 cm³/mol. The number of pyridine rings is 1. The lowest BCUT2D eigenvalue weighted by molar-refractivity contribution is 0.0944. The summed E-state index contributed by atoms with van der Waals surface area (Å²) in [6.45, 7) is 2.05. The van der Waals surface area contributed by atoms with Crippen LogP contribution in [0.25, 0.3) is 10.9 Å². The summed E-state index contributed by atoms with van der Waals surface area (Å²) in [6, 6.07) is 17.0. The highest BCUT2D eigenvalue weighted by molar-refractivity contribution is 7.94. The zero-order valence-electron chi connectivity index (χ0n) is 16.3. The molecule has 0 fully saturated rings. The molecule has 0 saturated carbocycles. The number of rotatable bonds is 8. The van der Waals surface area contributed by atoms with Crippen molar-refractivity contribution in [1.29, 1.82) is 0 Å². The van der Waals surface area contributed by atoms with Crippen LogP contribution in [-0.4, -0.2) is 25.4 Å². The second kappa shape index (κ2) is 9.47. The van der Waals surface area contributed by atoms with Crippen LogP contribution >= 0.6 is 0 Å². The second-order valence-electron chi connectivity index (χ2n) is 6.79. The highest BCUT2D eigenvalue weighted by atomic mass is 32.2. The van der Waals surface area contributed by atoms with E-state index in [9.17, 15) is 13.2 Å². The van der Waals surface area contributed by atoms with Crippen molar-refractivity contribution in [3.05, 3.63) is 83.9 Å². The molecule has 1 amide bonds. The zero-order valence-corrected chi connectivity index (χ0v) is 17.1. The number of carbonyl (C=O) groups is 1. The van der Waals surface area contributed by atoms with Gasteiger partial charge in [-0.1, -0.05) is 62.2 Å². The molecular formula is C23H24N2O3S. The van der Waals surface area contributed by atoms with E-state index in [2.05, 4.69) is 17.2 Å². The monoisotopic (exact) mass is 408 g/mol. The Labute approximate surface area is 171 Å². The molecule has 0 aliphatic rings. The number of nitrogens with one attached hydrogen (secondary N) is 1. The smallest absolute Gasteiger partial charge is 0.253 e. The minimum Gasteiger partial charge on any atom is -0.346 e. The summed E-state index contributed by atoms with van der Waals surface area (Å²) in [5.74, 6) is -0.267. The summed E-state index contributed by atoms with van der Waals surface area (Å²) in [4.78, 5) is 17.4. The van der Waals surface area contributed by atoms with E-state index in [-0.39, 0.29) is 16.8 Å². The van der Waals surface area contributed by atoms with Crippen molar-refractivity contribution in [2.45, 2.75) is 37.1 Å². The number of carbonyl (C=O) groups excluding carboxylic acids is 1. The van der Waals surface area contributed by atoms with Crippen molar-refractivity contribution < 1.29 is 13.2 Å². The van der Waals surface area contributed by atoms with Gasteiger partial charge in [0.05, 0.1) is 16.0 Å². The number of hydrogen-bond acceptors (Lipinski definition) is 4. The summed E-state index contributed by atoms with van der Waals surface area (Å²) in [5, 5.41) is 5.02. The van der Waals surface area contributed by atoms with E-state index in [0.717, 1.165) is 18.2 Å². The average molecular weight is 409 g/mol. The molecule has 5 nitrogen and oxygen atoms in total. The molecule has 0 bridgehead atoms. The SMILES string of the molecule is CCCCC(C=CS(=O)(=O)c1ccccc1)NC(=O)c1cccc2cccnc12. The molecule has 1 unspecified atom stereocenters. The van der Waals surface area contributed by atoms with E-state index in [4.69, 9.17) is 0 Å². The van der Waals surface area contributed by atoms with Gasteiger partial charge in [0.25, 0.3) is 5.91 Å². The third-order valence-corrected chi connectivity index (χ3v) is 6.07. The van der Waals surface area contributed by atoms with Crippen molar-refractivity contribution in [2.75, 3.05) is 0 Å². The Kier molecular flexibility index (Phi) is 6.77. The third kappa shape index (κ3) is 5.29. The molecule has 1 N–H and O–H groups in total. The molecule has 0 aliphatic heterocycles.